The van der Waals surface area contributed by atoms with Crippen LogP contribution in [-0.4, -0.2) is 67.7 Å². The maximum atomic E-state index is 12.7. The Morgan fingerprint density at radius 1 is 1.21 bits per heavy atom. The lowest BCUT2D eigenvalue weighted by atomic mass is 10.0. The van der Waals surface area contributed by atoms with Crippen LogP contribution in [0.1, 0.15) is 23.1 Å². The van der Waals surface area contributed by atoms with Gasteiger partial charge in [-0.05, 0) is 43.9 Å². The first kappa shape index (κ1) is 18.6. The van der Waals surface area contributed by atoms with Crippen LogP contribution in [0.15, 0.2) is 21.3 Å². The molecule has 7 heteroatoms. The number of carbonyl (C=O) groups excluding carboxylic acids is 1. The summed E-state index contributed by atoms with van der Waals surface area (Å²) in [6.07, 6.45) is 2.69. The summed E-state index contributed by atoms with van der Waals surface area (Å²) in [6.45, 7) is 6.53. The number of hydrogen-bond acceptors (Lipinski definition) is 6. The summed E-state index contributed by atoms with van der Waals surface area (Å²) in [5.74, 6) is 0.566. The molecule has 0 radical (unpaired) electrons. The standard InChI is InChI=1S/C22H26N2O5/c1-14-19(6-5-17-16-3-2-4-18(16)22(26)29-21(14)17)28-13-20(25)24-8-7-23-9-10-27-12-15(23)11-24/h5-6,15H,2-4,7-13H2,1H3. The maximum absolute atomic E-state index is 12.7. The van der Waals surface area contributed by atoms with Crippen LogP contribution >= 0.6 is 0 Å². The quantitative estimate of drug-likeness (QED) is 0.730. The third kappa shape index (κ3) is 3.32. The SMILES string of the molecule is Cc1c(OCC(=O)N2CCN3CCOCC3C2)ccc2c3c(c(=O)oc12)CCC3. The highest BCUT2D eigenvalue weighted by atomic mass is 16.5. The van der Waals surface area contributed by atoms with Gasteiger partial charge in [0.25, 0.3) is 5.91 Å². The number of aryl methyl sites for hydroxylation is 2. The molecule has 7 nitrogen and oxygen atoms in total. The van der Waals surface area contributed by atoms with Gasteiger partial charge in [-0.1, -0.05) is 0 Å². The largest absolute Gasteiger partial charge is 0.483 e. The molecule has 1 aliphatic carbocycles. The predicted molar refractivity (Wildman–Crippen MR) is 108 cm³/mol. The van der Waals surface area contributed by atoms with Crippen LogP contribution in [0.25, 0.3) is 11.0 Å². The Bertz CT molecular complexity index is 1010. The van der Waals surface area contributed by atoms with E-state index in [0.717, 1.165) is 67.6 Å². The molecule has 5 rings (SSSR count). The topological polar surface area (TPSA) is 72.2 Å². The van der Waals surface area contributed by atoms with Crippen LogP contribution in [0.5, 0.6) is 5.75 Å². The summed E-state index contributed by atoms with van der Waals surface area (Å²) in [5.41, 5.74) is 3.02. The predicted octanol–water partition coefficient (Wildman–Crippen LogP) is 1.51. The number of rotatable bonds is 3. The van der Waals surface area contributed by atoms with Crippen LogP contribution < -0.4 is 10.4 Å². The van der Waals surface area contributed by atoms with Gasteiger partial charge >= 0.3 is 5.63 Å². The molecule has 2 aliphatic heterocycles. The molecule has 1 amide bonds. The zero-order valence-corrected chi connectivity index (χ0v) is 16.7. The van der Waals surface area contributed by atoms with Gasteiger partial charge < -0.3 is 18.8 Å². The monoisotopic (exact) mass is 398 g/mol. The zero-order valence-electron chi connectivity index (χ0n) is 16.7. The highest BCUT2D eigenvalue weighted by molar-refractivity contribution is 5.86. The fourth-order valence-electron chi connectivity index (χ4n) is 4.82. The van der Waals surface area contributed by atoms with Crippen molar-refractivity contribution in [3.63, 3.8) is 0 Å². The number of morpholine rings is 1. The van der Waals surface area contributed by atoms with Gasteiger partial charge in [-0.25, -0.2) is 4.79 Å². The number of benzene rings is 1. The normalized spacial score (nSPS) is 21.8. The number of piperazine rings is 1. The van der Waals surface area contributed by atoms with Gasteiger partial charge in [0.05, 0.1) is 19.3 Å². The molecule has 0 N–H and O–H groups in total. The zero-order chi connectivity index (χ0) is 20.0. The molecule has 0 bridgehead atoms. The minimum Gasteiger partial charge on any atom is -0.483 e. The van der Waals surface area contributed by atoms with Crippen LogP contribution in [0.2, 0.25) is 0 Å². The number of nitrogens with zero attached hydrogens (tertiary/aromatic N) is 2. The average Bonchev–Trinajstić information content (AvgIpc) is 3.24. The van der Waals surface area contributed by atoms with Gasteiger partial charge in [-0.3, -0.25) is 9.69 Å². The molecule has 2 aromatic rings. The van der Waals surface area contributed by atoms with Crippen LogP contribution in [-0.2, 0) is 22.4 Å². The van der Waals surface area contributed by atoms with Crippen molar-refractivity contribution >= 4 is 16.9 Å². The molecule has 0 saturated carbocycles. The molecule has 1 unspecified atom stereocenters. The fraction of sp³-hybridized carbons (Fsp3) is 0.545. The molecule has 3 aliphatic rings. The van der Waals surface area contributed by atoms with Crippen molar-refractivity contribution in [2.24, 2.45) is 0 Å². The fourth-order valence-corrected chi connectivity index (χ4v) is 4.82. The minimum absolute atomic E-state index is 0.0188. The van der Waals surface area contributed by atoms with E-state index in [1.54, 1.807) is 0 Å². The first-order valence-corrected chi connectivity index (χ1v) is 10.4. The molecule has 1 aromatic heterocycles. The van der Waals surface area contributed by atoms with Crippen molar-refractivity contribution < 1.29 is 18.7 Å². The summed E-state index contributed by atoms with van der Waals surface area (Å²) in [7, 11) is 0. The van der Waals surface area contributed by atoms with E-state index in [1.165, 1.54) is 0 Å². The van der Waals surface area contributed by atoms with E-state index < -0.39 is 0 Å². The Morgan fingerprint density at radius 3 is 2.97 bits per heavy atom. The maximum Gasteiger partial charge on any atom is 0.339 e. The molecule has 3 heterocycles. The second kappa shape index (κ2) is 7.46. The lowest BCUT2D eigenvalue weighted by molar-refractivity contribution is -0.139. The summed E-state index contributed by atoms with van der Waals surface area (Å²) < 4.78 is 17.0. The van der Waals surface area contributed by atoms with Crippen molar-refractivity contribution in [3.05, 3.63) is 39.2 Å². The number of amides is 1. The molecule has 1 atom stereocenters. The summed E-state index contributed by atoms with van der Waals surface area (Å²) in [5, 5.41) is 0.988. The highest BCUT2D eigenvalue weighted by Gasteiger charge is 2.31. The minimum atomic E-state index is -0.242. The highest BCUT2D eigenvalue weighted by Crippen LogP contribution is 2.33. The second-order valence-corrected chi connectivity index (χ2v) is 8.16. The molecule has 0 spiro atoms. The molecule has 2 fully saturated rings. The summed E-state index contributed by atoms with van der Waals surface area (Å²) >= 11 is 0. The van der Waals surface area contributed by atoms with Crippen molar-refractivity contribution in [1.29, 1.82) is 0 Å². The van der Waals surface area contributed by atoms with Crippen molar-refractivity contribution in [1.82, 2.24) is 9.80 Å². The molecular weight excluding hydrogens is 372 g/mol. The molecular formula is C22H26N2O5. The van der Waals surface area contributed by atoms with E-state index in [9.17, 15) is 9.59 Å². The Balaban J connectivity index is 1.31. The number of fused-ring (bicyclic) bond motifs is 4. The molecule has 1 aromatic carbocycles. The average molecular weight is 398 g/mol. The molecule has 29 heavy (non-hydrogen) atoms. The second-order valence-electron chi connectivity index (χ2n) is 8.16. The van der Waals surface area contributed by atoms with Gasteiger partial charge in [-0.15, -0.1) is 0 Å². The smallest absolute Gasteiger partial charge is 0.339 e. The first-order valence-electron chi connectivity index (χ1n) is 10.4. The van der Waals surface area contributed by atoms with Crippen molar-refractivity contribution in [2.45, 2.75) is 32.2 Å². The van der Waals surface area contributed by atoms with E-state index in [2.05, 4.69) is 4.90 Å². The number of carbonyl (C=O) groups is 1. The van der Waals surface area contributed by atoms with Crippen molar-refractivity contribution in [2.75, 3.05) is 46.0 Å². The van der Waals surface area contributed by atoms with E-state index >= 15 is 0 Å². The van der Waals surface area contributed by atoms with Crippen LogP contribution in [0.4, 0.5) is 0 Å². The van der Waals surface area contributed by atoms with Gasteiger partial charge in [0, 0.05) is 42.7 Å². The summed E-state index contributed by atoms with van der Waals surface area (Å²) in [4.78, 5) is 29.2. The van der Waals surface area contributed by atoms with Gasteiger partial charge in [0.15, 0.2) is 6.61 Å². The van der Waals surface area contributed by atoms with E-state index in [4.69, 9.17) is 13.9 Å². The summed E-state index contributed by atoms with van der Waals surface area (Å²) in [6, 6.07) is 4.12. The van der Waals surface area contributed by atoms with Gasteiger partial charge in [0.2, 0.25) is 0 Å². The number of hydrogen-bond donors (Lipinski definition) is 0. The Labute approximate surface area is 169 Å². The van der Waals surface area contributed by atoms with Crippen molar-refractivity contribution in [3.8, 4) is 5.75 Å². The first-order chi connectivity index (χ1) is 14.1. The van der Waals surface area contributed by atoms with Crippen LogP contribution in [0.3, 0.4) is 0 Å². The Hall–Kier alpha value is -2.38. The molecule has 2 saturated heterocycles. The Kier molecular flexibility index (Phi) is 4.80. The van der Waals surface area contributed by atoms with E-state index in [-0.39, 0.29) is 24.2 Å². The lowest BCUT2D eigenvalue weighted by Crippen LogP contribution is -2.59. The third-order valence-electron chi connectivity index (χ3n) is 6.48. The van der Waals surface area contributed by atoms with Crippen LogP contribution in [0, 0.1) is 6.92 Å². The van der Waals surface area contributed by atoms with Gasteiger partial charge in [-0.2, -0.15) is 0 Å². The van der Waals surface area contributed by atoms with Gasteiger partial charge in [0.1, 0.15) is 11.3 Å². The van der Waals surface area contributed by atoms with E-state index in [0.29, 0.717) is 24.5 Å². The Morgan fingerprint density at radius 2 is 2.07 bits per heavy atom. The third-order valence-corrected chi connectivity index (χ3v) is 6.48. The lowest BCUT2D eigenvalue weighted by Gasteiger charge is -2.43. The number of ether oxygens (including phenoxy) is 2. The van der Waals surface area contributed by atoms with E-state index in [1.807, 2.05) is 24.0 Å². The molecule has 154 valence electrons.